The first kappa shape index (κ1) is 21.6. The van der Waals surface area contributed by atoms with Gasteiger partial charge in [-0.05, 0) is 37.5 Å². The quantitative estimate of drug-likeness (QED) is 0.720. The summed E-state index contributed by atoms with van der Waals surface area (Å²) < 4.78 is 47.2. The summed E-state index contributed by atoms with van der Waals surface area (Å²) in [5.74, 6) is 0.474. The highest BCUT2D eigenvalue weighted by Gasteiger charge is 2.38. The Labute approximate surface area is 187 Å². The minimum absolute atomic E-state index is 0.0472. The van der Waals surface area contributed by atoms with E-state index in [9.17, 15) is 13.8 Å². The molecule has 4 fully saturated rings. The van der Waals surface area contributed by atoms with Crippen LogP contribution in [0.1, 0.15) is 25.7 Å². The molecule has 3 saturated heterocycles. The lowest BCUT2D eigenvalue weighted by Gasteiger charge is -2.22. The summed E-state index contributed by atoms with van der Waals surface area (Å²) in [7, 11) is -0.785. The largest absolute Gasteiger partial charge is 0.442 e. The molecule has 1 aromatic rings. The van der Waals surface area contributed by atoms with Crippen molar-refractivity contribution in [2.45, 2.75) is 31.8 Å². The van der Waals surface area contributed by atoms with Gasteiger partial charge in [-0.25, -0.2) is 13.6 Å². The predicted molar refractivity (Wildman–Crippen MR) is 116 cm³/mol. The van der Waals surface area contributed by atoms with Crippen LogP contribution in [-0.2, 0) is 20.3 Å². The van der Waals surface area contributed by atoms with Crippen molar-refractivity contribution in [2.75, 3.05) is 47.5 Å². The summed E-state index contributed by atoms with van der Waals surface area (Å²) in [6.07, 6.45) is 2.14. The van der Waals surface area contributed by atoms with Crippen molar-refractivity contribution in [1.82, 2.24) is 5.32 Å². The molecule has 1 aliphatic carbocycles. The molecule has 2 unspecified atom stereocenters. The Morgan fingerprint density at radius 3 is 2.28 bits per heavy atom. The number of ether oxygens (including phenoxy) is 1. The van der Waals surface area contributed by atoms with Crippen LogP contribution in [0.4, 0.5) is 25.0 Å². The first-order valence-electron chi connectivity index (χ1n) is 11.2. The zero-order valence-electron chi connectivity index (χ0n) is 17.7. The molecule has 1 N–H and O–H groups in total. The van der Waals surface area contributed by atoms with E-state index in [1.54, 1.807) is 4.90 Å². The first-order chi connectivity index (χ1) is 15.4. The Bertz CT molecular complexity index is 916. The van der Waals surface area contributed by atoms with Crippen LogP contribution in [-0.4, -0.2) is 60.0 Å². The third-order valence-electron chi connectivity index (χ3n) is 6.96. The van der Waals surface area contributed by atoms with E-state index >= 15 is 8.78 Å². The fourth-order valence-electron chi connectivity index (χ4n) is 5.00. The zero-order valence-corrected chi connectivity index (χ0v) is 18.5. The minimum atomic E-state index is -0.785. The van der Waals surface area contributed by atoms with Gasteiger partial charge in [-0.3, -0.25) is 13.9 Å². The number of amides is 2. The van der Waals surface area contributed by atoms with Crippen molar-refractivity contribution in [1.29, 1.82) is 0 Å². The van der Waals surface area contributed by atoms with Crippen LogP contribution in [0.2, 0.25) is 0 Å². The summed E-state index contributed by atoms with van der Waals surface area (Å²) in [5, 5.41) is 2.76. The van der Waals surface area contributed by atoms with Gasteiger partial charge >= 0.3 is 6.09 Å². The standard InChI is InChI=1S/C22H27F2N3O4S/c23-18-7-16(27-12-17(31-22(27)29)9-25-21(28)13-1-2-13)8-19(24)20(18)26-10-14-3-5-32(30)6-4-15(14)11-26/h7-8,13-15,17H,1-6,9-12H2,(H,25,28)/t14?,15?,17-,32?/m0/s1. The van der Waals surface area contributed by atoms with Crippen LogP contribution < -0.4 is 15.1 Å². The SMILES string of the molecule is O=C(NC[C@H]1CN(c2cc(F)c(N3CC4CCS(=O)CCC4C3)c(F)c2)C(=O)O1)C1CC1. The van der Waals surface area contributed by atoms with Crippen LogP contribution in [0, 0.1) is 29.4 Å². The molecule has 174 valence electrons. The third-order valence-corrected chi connectivity index (χ3v) is 8.35. The van der Waals surface area contributed by atoms with Gasteiger partial charge in [0.25, 0.3) is 0 Å². The Balaban J connectivity index is 1.26. The van der Waals surface area contributed by atoms with Gasteiger partial charge in [0.1, 0.15) is 11.8 Å². The molecule has 32 heavy (non-hydrogen) atoms. The highest BCUT2D eigenvalue weighted by molar-refractivity contribution is 7.84. The highest BCUT2D eigenvalue weighted by Crippen LogP contribution is 2.38. The van der Waals surface area contributed by atoms with E-state index < -0.39 is 34.6 Å². The smallest absolute Gasteiger partial charge is 0.414 e. The summed E-state index contributed by atoms with van der Waals surface area (Å²) in [6.45, 7) is 1.39. The molecule has 5 rings (SSSR count). The molecule has 3 aliphatic heterocycles. The number of anilines is 2. The van der Waals surface area contributed by atoms with E-state index in [4.69, 9.17) is 4.74 Å². The maximum Gasteiger partial charge on any atom is 0.414 e. The molecule has 1 aromatic carbocycles. The molecular formula is C22H27F2N3O4S. The molecule has 0 bridgehead atoms. The second-order valence-electron chi connectivity index (χ2n) is 9.24. The molecule has 4 aliphatic rings. The van der Waals surface area contributed by atoms with Gasteiger partial charge in [-0.2, -0.15) is 0 Å². The van der Waals surface area contributed by atoms with Crippen molar-refractivity contribution < 1.29 is 27.3 Å². The zero-order chi connectivity index (χ0) is 22.4. The maximum absolute atomic E-state index is 15.0. The van der Waals surface area contributed by atoms with Crippen molar-refractivity contribution in [3.05, 3.63) is 23.8 Å². The normalized spacial score (nSPS) is 30.1. The number of cyclic esters (lactones) is 1. The number of halogens is 2. The Hall–Kier alpha value is -2.23. The number of hydrogen-bond acceptors (Lipinski definition) is 5. The molecule has 3 heterocycles. The molecule has 2 amide bonds. The summed E-state index contributed by atoms with van der Waals surface area (Å²) in [6, 6.07) is 2.35. The van der Waals surface area contributed by atoms with Gasteiger partial charge < -0.3 is 15.0 Å². The highest BCUT2D eigenvalue weighted by atomic mass is 32.2. The molecule has 10 heteroatoms. The van der Waals surface area contributed by atoms with Gasteiger partial charge in [0.15, 0.2) is 11.6 Å². The van der Waals surface area contributed by atoms with Gasteiger partial charge in [0.2, 0.25) is 5.91 Å². The Morgan fingerprint density at radius 2 is 1.69 bits per heavy atom. The number of carbonyl (C=O) groups is 2. The third kappa shape index (κ3) is 4.33. The number of benzene rings is 1. The molecule has 0 spiro atoms. The molecule has 0 aromatic heterocycles. The fourth-order valence-corrected chi connectivity index (χ4v) is 6.33. The van der Waals surface area contributed by atoms with Crippen molar-refractivity contribution >= 4 is 34.2 Å². The van der Waals surface area contributed by atoms with Gasteiger partial charge in [0, 0.05) is 53.4 Å². The van der Waals surface area contributed by atoms with Crippen LogP contribution in [0.15, 0.2) is 12.1 Å². The van der Waals surface area contributed by atoms with E-state index in [0.29, 0.717) is 36.4 Å². The van der Waals surface area contributed by atoms with E-state index in [-0.39, 0.29) is 36.3 Å². The van der Waals surface area contributed by atoms with Gasteiger partial charge in [0.05, 0.1) is 18.8 Å². The van der Waals surface area contributed by atoms with Crippen LogP contribution >= 0.6 is 0 Å². The average molecular weight is 468 g/mol. The Kier molecular flexibility index (Phi) is 5.81. The number of rotatable bonds is 5. The lowest BCUT2D eigenvalue weighted by Crippen LogP contribution is -2.35. The number of carbonyl (C=O) groups excluding carboxylic acids is 2. The van der Waals surface area contributed by atoms with Crippen LogP contribution in [0.5, 0.6) is 0 Å². The van der Waals surface area contributed by atoms with E-state index in [2.05, 4.69) is 5.32 Å². The Morgan fingerprint density at radius 1 is 1.06 bits per heavy atom. The summed E-state index contributed by atoms with van der Waals surface area (Å²) >= 11 is 0. The van der Waals surface area contributed by atoms with Gasteiger partial charge in [-0.1, -0.05) is 0 Å². The minimum Gasteiger partial charge on any atom is -0.442 e. The molecule has 3 atom stereocenters. The number of nitrogens with one attached hydrogen (secondary N) is 1. The second kappa shape index (κ2) is 8.61. The molecule has 7 nitrogen and oxygen atoms in total. The van der Waals surface area contributed by atoms with Gasteiger partial charge in [-0.15, -0.1) is 0 Å². The second-order valence-corrected chi connectivity index (χ2v) is 10.9. The molecular weight excluding hydrogens is 440 g/mol. The molecule has 1 saturated carbocycles. The van der Waals surface area contributed by atoms with Crippen LogP contribution in [0.3, 0.4) is 0 Å². The number of fused-ring (bicyclic) bond motifs is 1. The summed E-state index contributed by atoms with van der Waals surface area (Å²) in [5.41, 5.74) is 0.0392. The van der Waals surface area contributed by atoms with Crippen molar-refractivity contribution in [3.8, 4) is 0 Å². The number of nitrogens with zero attached hydrogens (tertiary/aromatic N) is 2. The van der Waals surface area contributed by atoms with Crippen molar-refractivity contribution in [3.63, 3.8) is 0 Å². The first-order valence-corrected chi connectivity index (χ1v) is 12.7. The lowest BCUT2D eigenvalue weighted by molar-refractivity contribution is -0.122. The van der Waals surface area contributed by atoms with E-state index in [1.165, 1.54) is 17.0 Å². The molecule has 0 radical (unpaired) electrons. The maximum atomic E-state index is 15.0. The fraction of sp³-hybridized carbons (Fsp3) is 0.636. The van der Waals surface area contributed by atoms with E-state index in [0.717, 1.165) is 25.7 Å². The van der Waals surface area contributed by atoms with Crippen molar-refractivity contribution in [2.24, 2.45) is 17.8 Å². The average Bonchev–Trinajstić information content (AvgIpc) is 3.46. The topological polar surface area (TPSA) is 79.0 Å². The van der Waals surface area contributed by atoms with Crippen LogP contribution in [0.25, 0.3) is 0 Å². The van der Waals surface area contributed by atoms with E-state index in [1.807, 2.05) is 0 Å². The number of hydrogen-bond donors (Lipinski definition) is 1. The monoisotopic (exact) mass is 467 g/mol. The predicted octanol–water partition coefficient (Wildman–Crippen LogP) is 2.41. The lowest BCUT2D eigenvalue weighted by atomic mass is 9.92. The summed E-state index contributed by atoms with van der Waals surface area (Å²) in [4.78, 5) is 27.0.